The van der Waals surface area contributed by atoms with E-state index < -0.39 is 18.0 Å². The molecule has 1 fully saturated rings. The first-order valence-corrected chi connectivity index (χ1v) is 6.31. The number of aliphatic carboxylic acids is 1. The number of rotatable bonds is 5. The Bertz CT molecular complexity index is 446. The Morgan fingerprint density at radius 1 is 1.32 bits per heavy atom. The van der Waals surface area contributed by atoms with Crippen molar-refractivity contribution < 1.29 is 19.4 Å². The number of esters is 1. The van der Waals surface area contributed by atoms with Crippen LogP contribution in [-0.2, 0) is 20.9 Å². The van der Waals surface area contributed by atoms with Crippen LogP contribution in [0.25, 0.3) is 0 Å². The lowest BCUT2D eigenvalue weighted by Crippen LogP contribution is -2.46. The second-order valence-electron chi connectivity index (χ2n) is 4.59. The summed E-state index contributed by atoms with van der Waals surface area (Å²) in [4.78, 5) is 24.1. The van der Waals surface area contributed by atoms with Crippen molar-refractivity contribution in [2.75, 3.05) is 13.1 Å². The maximum Gasteiger partial charge on any atom is 0.320 e. The van der Waals surface area contributed by atoms with E-state index in [2.05, 4.69) is 0 Å². The molecule has 1 aromatic rings. The van der Waals surface area contributed by atoms with Gasteiger partial charge >= 0.3 is 5.97 Å². The van der Waals surface area contributed by atoms with Crippen molar-refractivity contribution in [2.24, 2.45) is 0 Å². The average molecular weight is 262 g/mol. The predicted octanol–water partition coefficient (Wildman–Crippen LogP) is -0.0559. The quantitative estimate of drug-likeness (QED) is 0.696. The van der Waals surface area contributed by atoms with Gasteiger partial charge in [0.2, 0.25) is 0 Å². The Kier molecular flexibility index (Phi) is 4.52. The average Bonchev–Trinajstić information content (AvgIpc) is 2.86. The molecule has 0 saturated carbocycles. The van der Waals surface area contributed by atoms with E-state index in [9.17, 15) is 14.7 Å². The maximum absolute atomic E-state index is 11.7. The SMILES string of the molecule is O=C(CN1CCC[C@@H]1C(=O)[O-])OCc1ccccc1. The molecule has 1 aromatic carbocycles. The molecule has 0 N–H and O–H groups in total. The zero-order valence-electron chi connectivity index (χ0n) is 10.6. The fraction of sp³-hybridized carbons (Fsp3) is 0.429. The van der Waals surface area contributed by atoms with Gasteiger partial charge in [-0.1, -0.05) is 30.3 Å². The Balaban J connectivity index is 1.80. The van der Waals surface area contributed by atoms with E-state index in [1.54, 1.807) is 4.90 Å². The third kappa shape index (κ3) is 3.79. The topological polar surface area (TPSA) is 69.7 Å². The maximum atomic E-state index is 11.7. The van der Waals surface area contributed by atoms with Crippen molar-refractivity contribution in [1.29, 1.82) is 0 Å². The molecule has 0 aromatic heterocycles. The first-order chi connectivity index (χ1) is 9.16. The number of nitrogens with zero attached hydrogens (tertiary/aromatic N) is 1. The van der Waals surface area contributed by atoms with Gasteiger partial charge in [0.1, 0.15) is 6.61 Å². The van der Waals surface area contributed by atoms with Gasteiger partial charge in [0, 0.05) is 6.04 Å². The second kappa shape index (κ2) is 6.33. The van der Waals surface area contributed by atoms with Crippen molar-refractivity contribution in [1.82, 2.24) is 4.90 Å². The van der Waals surface area contributed by atoms with Gasteiger partial charge in [-0.15, -0.1) is 0 Å². The van der Waals surface area contributed by atoms with Gasteiger partial charge in [-0.05, 0) is 24.9 Å². The van der Waals surface area contributed by atoms with Crippen LogP contribution in [0.2, 0.25) is 0 Å². The molecule has 1 atom stereocenters. The first kappa shape index (κ1) is 13.5. The number of hydrogen-bond acceptors (Lipinski definition) is 5. The van der Waals surface area contributed by atoms with E-state index in [4.69, 9.17) is 4.74 Å². The summed E-state index contributed by atoms with van der Waals surface area (Å²) in [7, 11) is 0. The molecule has 0 aliphatic carbocycles. The number of carboxylic acids is 1. The summed E-state index contributed by atoms with van der Waals surface area (Å²) in [5, 5.41) is 10.9. The lowest BCUT2D eigenvalue weighted by atomic mass is 10.2. The minimum Gasteiger partial charge on any atom is -0.548 e. The van der Waals surface area contributed by atoms with Crippen LogP contribution >= 0.6 is 0 Å². The lowest BCUT2D eigenvalue weighted by molar-refractivity contribution is -0.310. The number of ether oxygens (including phenoxy) is 1. The zero-order valence-corrected chi connectivity index (χ0v) is 10.6. The highest BCUT2D eigenvalue weighted by molar-refractivity contribution is 5.75. The molecule has 0 spiro atoms. The van der Waals surface area contributed by atoms with Crippen molar-refractivity contribution >= 4 is 11.9 Å². The van der Waals surface area contributed by atoms with E-state index in [1.165, 1.54) is 0 Å². The number of carboxylic acid groups (broad SMARTS) is 1. The normalized spacial score (nSPS) is 19.3. The smallest absolute Gasteiger partial charge is 0.320 e. The fourth-order valence-corrected chi connectivity index (χ4v) is 2.23. The van der Waals surface area contributed by atoms with Crippen molar-refractivity contribution in [3.05, 3.63) is 35.9 Å². The Labute approximate surface area is 111 Å². The standard InChI is InChI=1S/C14H17NO4/c16-13(19-10-11-5-2-1-3-6-11)9-15-8-4-7-12(15)14(17)18/h1-3,5-6,12H,4,7-10H2,(H,17,18)/p-1/t12-/m1/s1. The van der Waals surface area contributed by atoms with Gasteiger partial charge in [0.15, 0.2) is 0 Å². The third-order valence-corrected chi connectivity index (χ3v) is 3.21. The van der Waals surface area contributed by atoms with Crippen LogP contribution in [0.3, 0.4) is 0 Å². The second-order valence-corrected chi connectivity index (χ2v) is 4.59. The zero-order chi connectivity index (χ0) is 13.7. The molecule has 2 rings (SSSR count). The Hall–Kier alpha value is -1.88. The third-order valence-electron chi connectivity index (χ3n) is 3.21. The largest absolute Gasteiger partial charge is 0.548 e. The highest BCUT2D eigenvalue weighted by Gasteiger charge is 2.27. The molecule has 19 heavy (non-hydrogen) atoms. The highest BCUT2D eigenvalue weighted by Crippen LogP contribution is 2.16. The summed E-state index contributed by atoms with van der Waals surface area (Å²) in [5.41, 5.74) is 0.911. The van der Waals surface area contributed by atoms with E-state index in [1.807, 2.05) is 30.3 Å². The molecule has 1 heterocycles. The molecule has 1 saturated heterocycles. The number of hydrogen-bond donors (Lipinski definition) is 0. The van der Waals surface area contributed by atoms with Gasteiger partial charge in [0.05, 0.1) is 12.5 Å². The van der Waals surface area contributed by atoms with Crippen molar-refractivity contribution in [3.63, 3.8) is 0 Å². The first-order valence-electron chi connectivity index (χ1n) is 6.31. The monoisotopic (exact) mass is 262 g/mol. The van der Waals surface area contributed by atoms with Crippen LogP contribution in [0.15, 0.2) is 30.3 Å². The molecule has 0 unspecified atom stereocenters. The molecule has 1 aliphatic rings. The molecular formula is C14H16NO4-. The molecule has 102 valence electrons. The van der Waals surface area contributed by atoms with Crippen LogP contribution in [-0.4, -0.2) is 36.0 Å². The van der Waals surface area contributed by atoms with Crippen LogP contribution < -0.4 is 5.11 Å². The number of benzene rings is 1. The molecule has 0 amide bonds. The fourth-order valence-electron chi connectivity index (χ4n) is 2.23. The van der Waals surface area contributed by atoms with Crippen LogP contribution in [0.4, 0.5) is 0 Å². The number of carbonyl (C=O) groups excluding carboxylic acids is 2. The minimum absolute atomic E-state index is 0.00544. The van der Waals surface area contributed by atoms with Crippen LogP contribution in [0, 0.1) is 0 Å². The summed E-state index contributed by atoms with van der Waals surface area (Å²) in [6, 6.07) is 8.70. The van der Waals surface area contributed by atoms with E-state index >= 15 is 0 Å². The molecule has 5 nitrogen and oxygen atoms in total. The van der Waals surface area contributed by atoms with Gasteiger partial charge in [-0.25, -0.2) is 0 Å². The van der Waals surface area contributed by atoms with Gasteiger partial charge < -0.3 is 14.6 Å². The Morgan fingerprint density at radius 2 is 2.05 bits per heavy atom. The van der Waals surface area contributed by atoms with Crippen molar-refractivity contribution in [3.8, 4) is 0 Å². The molecule has 5 heteroatoms. The summed E-state index contributed by atoms with van der Waals surface area (Å²) in [6.07, 6.45) is 1.30. The Morgan fingerprint density at radius 3 is 2.74 bits per heavy atom. The van der Waals surface area contributed by atoms with E-state index in [0.29, 0.717) is 13.0 Å². The summed E-state index contributed by atoms with van der Waals surface area (Å²) in [5.74, 6) is -1.52. The summed E-state index contributed by atoms with van der Waals surface area (Å²) in [6.45, 7) is 0.814. The molecular weight excluding hydrogens is 246 g/mol. The summed E-state index contributed by atoms with van der Waals surface area (Å²) >= 11 is 0. The number of likely N-dealkylation sites (tertiary alicyclic amines) is 1. The molecule has 0 bridgehead atoms. The van der Waals surface area contributed by atoms with Gasteiger partial charge in [-0.3, -0.25) is 9.69 Å². The van der Waals surface area contributed by atoms with E-state index in [0.717, 1.165) is 12.0 Å². The van der Waals surface area contributed by atoms with E-state index in [-0.39, 0.29) is 13.2 Å². The van der Waals surface area contributed by atoms with Crippen LogP contribution in [0.1, 0.15) is 18.4 Å². The highest BCUT2D eigenvalue weighted by atomic mass is 16.5. The lowest BCUT2D eigenvalue weighted by Gasteiger charge is -2.23. The van der Waals surface area contributed by atoms with Gasteiger partial charge in [0.25, 0.3) is 0 Å². The number of carbonyl (C=O) groups is 2. The summed E-state index contributed by atoms with van der Waals surface area (Å²) < 4.78 is 5.12. The molecule has 0 radical (unpaired) electrons. The minimum atomic E-state index is -1.12. The van der Waals surface area contributed by atoms with Crippen molar-refractivity contribution in [2.45, 2.75) is 25.5 Å². The molecule has 1 aliphatic heterocycles. The predicted molar refractivity (Wildman–Crippen MR) is 65.8 cm³/mol. The van der Waals surface area contributed by atoms with Gasteiger partial charge in [-0.2, -0.15) is 0 Å². The van der Waals surface area contributed by atoms with Crippen LogP contribution in [0.5, 0.6) is 0 Å².